The van der Waals surface area contributed by atoms with Crippen LogP contribution in [-0.4, -0.2) is 10.5 Å². The lowest BCUT2D eigenvalue weighted by molar-refractivity contribution is 0.101. The number of nitrogens with one attached hydrogen (secondary N) is 1. The van der Waals surface area contributed by atoms with Crippen molar-refractivity contribution in [2.24, 2.45) is 7.05 Å². The van der Waals surface area contributed by atoms with Crippen molar-refractivity contribution >= 4 is 11.6 Å². The van der Waals surface area contributed by atoms with Crippen LogP contribution < -0.4 is 5.32 Å². The minimum absolute atomic E-state index is 0.202. The number of anilines is 1. The third kappa shape index (κ3) is 2.36. The molecule has 0 fully saturated rings. The van der Waals surface area contributed by atoms with Crippen LogP contribution in [0.3, 0.4) is 0 Å². The first-order chi connectivity index (χ1) is 8.08. The van der Waals surface area contributed by atoms with Gasteiger partial charge in [-0.05, 0) is 42.8 Å². The lowest BCUT2D eigenvalue weighted by Crippen LogP contribution is -2.16. The molecule has 88 valence electrons. The Balaban J connectivity index is 2.22. The minimum Gasteiger partial charge on any atom is -0.347 e. The van der Waals surface area contributed by atoms with Crippen molar-refractivity contribution in [1.82, 2.24) is 4.57 Å². The number of aromatic nitrogens is 1. The van der Waals surface area contributed by atoms with E-state index in [4.69, 9.17) is 0 Å². The van der Waals surface area contributed by atoms with E-state index in [1.165, 1.54) is 12.1 Å². The number of amides is 1. The molecule has 0 aliphatic rings. The van der Waals surface area contributed by atoms with Gasteiger partial charge in [0.25, 0.3) is 5.91 Å². The van der Waals surface area contributed by atoms with Crippen molar-refractivity contribution in [2.45, 2.75) is 6.92 Å². The van der Waals surface area contributed by atoms with Gasteiger partial charge in [-0.1, -0.05) is 0 Å². The first kappa shape index (κ1) is 11.4. The molecule has 4 heteroatoms. The zero-order valence-corrected chi connectivity index (χ0v) is 9.70. The molecule has 1 aromatic carbocycles. The predicted octanol–water partition coefficient (Wildman–Crippen LogP) is 2.72. The van der Waals surface area contributed by atoms with Crippen molar-refractivity contribution in [3.8, 4) is 0 Å². The number of benzene rings is 1. The van der Waals surface area contributed by atoms with Crippen LogP contribution in [0.1, 0.15) is 16.1 Å². The van der Waals surface area contributed by atoms with Crippen LogP contribution in [-0.2, 0) is 7.05 Å². The molecule has 2 rings (SSSR count). The number of aryl methyl sites for hydroxylation is 2. The Bertz CT molecular complexity index is 560. The van der Waals surface area contributed by atoms with Gasteiger partial charge in [0.15, 0.2) is 0 Å². The Hall–Kier alpha value is -2.10. The Morgan fingerprint density at radius 3 is 2.71 bits per heavy atom. The molecule has 17 heavy (non-hydrogen) atoms. The van der Waals surface area contributed by atoms with Gasteiger partial charge in [0.1, 0.15) is 11.5 Å². The van der Waals surface area contributed by atoms with Crippen LogP contribution in [0.5, 0.6) is 0 Å². The molecule has 1 heterocycles. The maximum absolute atomic E-state index is 12.9. The highest BCUT2D eigenvalue weighted by molar-refractivity contribution is 6.03. The third-order valence-electron chi connectivity index (χ3n) is 2.61. The van der Waals surface area contributed by atoms with Gasteiger partial charge in [-0.15, -0.1) is 0 Å². The van der Waals surface area contributed by atoms with Crippen LogP contribution in [0.15, 0.2) is 36.5 Å². The highest BCUT2D eigenvalue weighted by atomic mass is 19.1. The fraction of sp³-hybridized carbons (Fsp3) is 0.154. The molecule has 2 aromatic rings. The number of hydrogen-bond donors (Lipinski definition) is 1. The molecule has 1 N–H and O–H groups in total. The summed E-state index contributed by atoms with van der Waals surface area (Å²) in [5.74, 6) is -0.508. The minimum atomic E-state index is -0.306. The first-order valence-corrected chi connectivity index (χ1v) is 5.27. The summed E-state index contributed by atoms with van der Waals surface area (Å²) < 4.78 is 14.6. The second-order valence-corrected chi connectivity index (χ2v) is 3.92. The molecular formula is C13H13FN2O. The van der Waals surface area contributed by atoms with E-state index in [0.717, 1.165) is 0 Å². The van der Waals surface area contributed by atoms with E-state index in [1.807, 2.05) is 0 Å². The Morgan fingerprint density at radius 2 is 2.12 bits per heavy atom. The molecule has 1 aromatic heterocycles. The number of carbonyl (C=O) groups excluding carboxylic acids is 1. The Kier molecular flexibility index (Phi) is 2.95. The number of carbonyl (C=O) groups is 1. The molecule has 0 saturated heterocycles. The van der Waals surface area contributed by atoms with Crippen LogP contribution in [0.2, 0.25) is 0 Å². The fourth-order valence-corrected chi connectivity index (χ4v) is 1.65. The average Bonchev–Trinajstić information content (AvgIpc) is 2.68. The van der Waals surface area contributed by atoms with Gasteiger partial charge < -0.3 is 9.88 Å². The summed E-state index contributed by atoms with van der Waals surface area (Å²) in [6.07, 6.45) is 1.80. The van der Waals surface area contributed by atoms with Gasteiger partial charge in [0, 0.05) is 18.9 Å². The number of halogens is 1. The third-order valence-corrected chi connectivity index (χ3v) is 2.61. The summed E-state index contributed by atoms with van der Waals surface area (Å²) in [6, 6.07) is 7.81. The fourth-order valence-electron chi connectivity index (χ4n) is 1.65. The molecule has 0 aliphatic heterocycles. The van der Waals surface area contributed by atoms with Crippen molar-refractivity contribution in [1.29, 1.82) is 0 Å². The van der Waals surface area contributed by atoms with Gasteiger partial charge in [-0.25, -0.2) is 4.39 Å². The Labute approximate surface area is 98.9 Å². The first-order valence-electron chi connectivity index (χ1n) is 5.27. The molecule has 0 radical (unpaired) electrons. The number of rotatable bonds is 2. The van der Waals surface area contributed by atoms with E-state index in [1.54, 1.807) is 42.9 Å². The van der Waals surface area contributed by atoms with Crippen molar-refractivity contribution in [2.75, 3.05) is 5.32 Å². The van der Waals surface area contributed by atoms with Crippen LogP contribution in [0, 0.1) is 12.7 Å². The zero-order valence-electron chi connectivity index (χ0n) is 9.70. The SMILES string of the molecule is Cc1cc(F)ccc1NC(=O)c1cccn1C. The maximum atomic E-state index is 12.9. The van der Waals surface area contributed by atoms with E-state index in [2.05, 4.69) is 5.32 Å². The second-order valence-electron chi connectivity index (χ2n) is 3.92. The van der Waals surface area contributed by atoms with E-state index in [9.17, 15) is 9.18 Å². The quantitative estimate of drug-likeness (QED) is 0.848. The average molecular weight is 232 g/mol. The number of nitrogens with zero attached hydrogens (tertiary/aromatic N) is 1. The molecule has 1 amide bonds. The maximum Gasteiger partial charge on any atom is 0.272 e. The van der Waals surface area contributed by atoms with Crippen LogP contribution >= 0.6 is 0 Å². The number of hydrogen-bond acceptors (Lipinski definition) is 1. The van der Waals surface area contributed by atoms with Crippen molar-refractivity contribution < 1.29 is 9.18 Å². The largest absolute Gasteiger partial charge is 0.347 e. The highest BCUT2D eigenvalue weighted by Crippen LogP contribution is 2.16. The standard InChI is InChI=1S/C13H13FN2O/c1-9-8-10(14)5-6-11(9)15-13(17)12-4-3-7-16(12)2/h3-8H,1-2H3,(H,15,17). The van der Waals surface area contributed by atoms with Crippen molar-refractivity contribution in [3.63, 3.8) is 0 Å². The van der Waals surface area contributed by atoms with E-state index in [-0.39, 0.29) is 11.7 Å². The van der Waals surface area contributed by atoms with Gasteiger partial charge in [0.2, 0.25) is 0 Å². The monoisotopic (exact) mass is 232 g/mol. The van der Waals surface area contributed by atoms with E-state index < -0.39 is 0 Å². The summed E-state index contributed by atoms with van der Waals surface area (Å²) >= 11 is 0. The summed E-state index contributed by atoms with van der Waals surface area (Å²) in [4.78, 5) is 11.9. The Morgan fingerprint density at radius 1 is 1.35 bits per heavy atom. The molecule has 3 nitrogen and oxygen atoms in total. The smallest absolute Gasteiger partial charge is 0.272 e. The molecule has 0 unspecified atom stereocenters. The molecular weight excluding hydrogens is 219 g/mol. The molecule has 0 aliphatic carbocycles. The summed E-state index contributed by atoms with van der Waals surface area (Å²) in [5.41, 5.74) is 1.89. The van der Waals surface area contributed by atoms with Gasteiger partial charge in [-0.2, -0.15) is 0 Å². The lowest BCUT2D eigenvalue weighted by atomic mass is 10.2. The van der Waals surface area contributed by atoms with Gasteiger partial charge in [-0.3, -0.25) is 4.79 Å². The lowest BCUT2D eigenvalue weighted by Gasteiger charge is -2.08. The zero-order chi connectivity index (χ0) is 12.4. The van der Waals surface area contributed by atoms with Crippen molar-refractivity contribution in [3.05, 3.63) is 53.6 Å². The van der Waals surface area contributed by atoms with Gasteiger partial charge >= 0.3 is 0 Å². The topological polar surface area (TPSA) is 34.0 Å². The van der Waals surface area contributed by atoms with Gasteiger partial charge in [0.05, 0.1) is 0 Å². The predicted molar refractivity (Wildman–Crippen MR) is 64.5 cm³/mol. The molecule has 0 bridgehead atoms. The summed E-state index contributed by atoms with van der Waals surface area (Å²) in [5, 5.41) is 2.75. The van der Waals surface area contributed by atoms with Crippen LogP contribution in [0.25, 0.3) is 0 Å². The van der Waals surface area contributed by atoms with E-state index >= 15 is 0 Å². The summed E-state index contributed by atoms with van der Waals surface area (Å²) in [6.45, 7) is 1.75. The second kappa shape index (κ2) is 4.41. The molecule has 0 saturated carbocycles. The highest BCUT2D eigenvalue weighted by Gasteiger charge is 2.10. The normalized spacial score (nSPS) is 10.3. The summed E-state index contributed by atoms with van der Waals surface area (Å²) in [7, 11) is 1.80. The van der Waals surface area contributed by atoms with Crippen LogP contribution in [0.4, 0.5) is 10.1 Å². The molecule has 0 atom stereocenters. The molecule has 0 spiro atoms. The van der Waals surface area contributed by atoms with E-state index in [0.29, 0.717) is 16.9 Å².